The van der Waals surface area contributed by atoms with E-state index >= 15 is 0 Å². The van der Waals surface area contributed by atoms with Gasteiger partial charge in [-0.05, 0) is 18.2 Å². The van der Waals surface area contributed by atoms with Crippen LogP contribution >= 0.6 is 35.2 Å². The number of aromatic nitrogens is 4. The van der Waals surface area contributed by atoms with Gasteiger partial charge in [0.05, 0.1) is 26.1 Å². The number of esters is 1. The van der Waals surface area contributed by atoms with Gasteiger partial charge in [-0.1, -0.05) is 46.8 Å². The number of aliphatic hydroxyl groups is 4. The Morgan fingerprint density at radius 1 is 1.00 bits per heavy atom. The maximum Gasteiger partial charge on any atom is 0.481 e. The van der Waals surface area contributed by atoms with Crippen LogP contribution in [0.4, 0.5) is 5.82 Å². The van der Waals surface area contributed by atoms with Crippen LogP contribution < -0.4 is 16.4 Å². The van der Waals surface area contributed by atoms with Gasteiger partial charge < -0.3 is 65.8 Å². The molecule has 0 saturated carbocycles. The van der Waals surface area contributed by atoms with Crippen molar-refractivity contribution in [1.82, 2.24) is 30.2 Å². The second kappa shape index (κ2) is 27.6. The third kappa shape index (κ3) is 20.1. The number of ether oxygens (including phenoxy) is 2. The van der Waals surface area contributed by atoms with Gasteiger partial charge in [-0.25, -0.2) is 33.4 Å². The summed E-state index contributed by atoms with van der Waals surface area (Å²) in [7, 11) is -16.3. The monoisotopic (exact) mass is 1040 g/mol. The van der Waals surface area contributed by atoms with Gasteiger partial charge in [0.2, 0.25) is 11.8 Å². The second-order valence-corrected chi connectivity index (χ2v) is 20.3. The quantitative estimate of drug-likeness (QED) is 0.0212. The Morgan fingerprint density at radius 3 is 2.28 bits per heavy atom. The highest BCUT2D eigenvalue weighted by Crippen LogP contribution is 2.61. The predicted octanol–water partition coefficient (Wildman–Crippen LogP) is -0.479. The summed E-state index contributed by atoms with van der Waals surface area (Å²) in [4.78, 5) is 97.2. The van der Waals surface area contributed by atoms with E-state index in [1.807, 2.05) is 0 Å². The number of nitrogens with two attached hydrogens (primary N) is 1. The number of thioether (sulfide) groups is 1. The van der Waals surface area contributed by atoms with Crippen LogP contribution in [0.15, 0.2) is 38.0 Å². The smallest absolute Gasteiger partial charge is 0.448 e. The minimum Gasteiger partial charge on any atom is -0.448 e. The number of nitrogens with one attached hydrogen (secondary N) is 2. The zero-order valence-electron chi connectivity index (χ0n) is 36.5. The van der Waals surface area contributed by atoms with Gasteiger partial charge in [0.25, 0.3) is 0 Å². The van der Waals surface area contributed by atoms with E-state index < -0.39 is 109 Å². The number of fused-ring (bicyclic) bond motifs is 1. The number of anilines is 1. The van der Waals surface area contributed by atoms with Crippen LogP contribution in [0, 0.1) is 5.41 Å². The number of carbonyl (C=O) groups excluding carboxylic acids is 4. The fraction of sp³-hybridized carbons (Fsp3) is 0.629. The van der Waals surface area contributed by atoms with Crippen LogP contribution in [0.2, 0.25) is 0 Å². The lowest BCUT2D eigenvalue weighted by Crippen LogP contribution is -2.46. The summed E-state index contributed by atoms with van der Waals surface area (Å²) in [5.41, 5.74) is 4.32. The van der Waals surface area contributed by atoms with Crippen LogP contribution in [-0.2, 0) is 60.2 Å². The molecule has 3 rings (SSSR count). The summed E-state index contributed by atoms with van der Waals surface area (Å²) in [5.74, 6) is -1.04. The molecule has 1 aliphatic rings. The van der Waals surface area contributed by atoms with Gasteiger partial charge in [-0.3, -0.25) is 32.5 Å². The molecule has 2 amide bonds. The SMILES string of the molecule is C=CC(=O)OC(C(=O)C=C)C(O)CO.CCCCCSCCNC(=O)CCNC(=O)C(O)C(C)(C)COP(=O)(O)OP(=O)(O)OC[C@H]1O[C@@H](n2cnc3c(N)ncnc32)[C@H](O)[C@@H]1OP(=O)(O)O. The summed E-state index contributed by atoms with van der Waals surface area (Å²) in [6.45, 7) is 8.67. The third-order valence-corrected chi connectivity index (χ3v) is 13.1. The predicted molar refractivity (Wildman–Crippen MR) is 235 cm³/mol. The Kier molecular flexibility index (Phi) is 24.5. The largest absolute Gasteiger partial charge is 0.481 e. The van der Waals surface area contributed by atoms with E-state index in [0.717, 1.165) is 60.1 Å². The minimum absolute atomic E-state index is 0.0335. The maximum absolute atomic E-state index is 12.7. The van der Waals surface area contributed by atoms with Crippen molar-refractivity contribution in [3.8, 4) is 0 Å². The number of amides is 2. The lowest BCUT2D eigenvalue weighted by Gasteiger charge is -2.30. The number of phosphoric acid groups is 3. The van der Waals surface area contributed by atoms with Crippen LogP contribution in [0.3, 0.4) is 0 Å². The number of aliphatic hydroxyl groups excluding tert-OH is 4. The number of unbranched alkanes of at least 4 members (excludes halogenated alkanes) is 2. The van der Waals surface area contributed by atoms with Crippen LogP contribution in [-0.4, -0.2) is 164 Å². The van der Waals surface area contributed by atoms with E-state index in [9.17, 15) is 62.7 Å². The van der Waals surface area contributed by atoms with E-state index in [-0.39, 0.29) is 35.9 Å². The topological polar surface area (TPSA) is 430 Å². The molecular formula is C35H58N7O21P3S. The Bertz CT molecular complexity index is 2130. The number of carbonyl (C=O) groups is 4. The summed E-state index contributed by atoms with van der Waals surface area (Å²) in [6, 6.07) is 0. The number of imidazole rings is 1. The van der Waals surface area contributed by atoms with Crippen molar-refractivity contribution in [3.05, 3.63) is 38.0 Å². The molecule has 0 bridgehead atoms. The molecule has 5 unspecified atom stereocenters. The van der Waals surface area contributed by atoms with Gasteiger partial charge in [-0.15, -0.1) is 0 Å². The number of hydrogen-bond acceptors (Lipinski definition) is 22. The lowest BCUT2D eigenvalue weighted by atomic mass is 9.87. The molecule has 9 atom stereocenters. The highest BCUT2D eigenvalue weighted by Gasteiger charge is 2.50. The summed E-state index contributed by atoms with van der Waals surface area (Å²) in [5, 5.41) is 44.2. The molecule has 3 heterocycles. The van der Waals surface area contributed by atoms with Crippen molar-refractivity contribution in [1.29, 1.82) is 0 Å². The Balaban J connectivity index is 0.000000946. The second-order valence-electron chi connectivity index (χ2n) is 14.8. The van der Waals surface area contributed by atoms with Crippen LogP contribution in [0.1, 0.15) is 52.7 Å². The number of phosphoric ester groups is 3. The first kappa shape index (κ1) is 59.6. The van der Waals surface area contributed by atoms with Gasteiger partial charge in [-0.2, -0.15) is 16.1 Å². The maximum atomic E-state index is 12.7. The zero-order valence-corrected chi connectivity index (χ0v) is 40.0. The number of hydrogen-bond donors (Lipinski definition) is 11. The minimum atomic E-state index is -5.54. The molecule has 28 nitrogen and oxygen atoms in total. The third-order valence-electron chi connectivity index (χ3n) is 8.97. The number of ketones is 1. The molecule has 1 fully saturated rings. The number of rotatable bonds is 29. The van der Waals surface area contributed by atoms with Gasteiger partial charge in [0.15, 0.2) is 29.6 Å². The van der Waals surface area contributed by atoms with Crippen LogP contribution in [0.5, 0.6) is 0 Å². The fourth-order valence-electron chi connectivity index (χ4n) is 5.47. The van der Waals surface area contributed by atoms with Gasteiger partial charge in [0.1, 0.15) is 42.4 Å². The first-order valence-corrected chi connectivity index (χ1v) is 25.7. The highest BCUT2D eigenvalue weighted by molar-refractivity contribution is 7.99. The first-order valence-electron chi connectivity index (χ1n) is 20.0. The van der Waals surface area contributed by atoms with E-state index in [4.69, 9.17) is 29.7 Å². The van der Waals surface area contributed by atoms with E-state index in [0.29, 0.717) is 6.54 Å². The van der Waals surface area contributed by atoms with E-state index in [2.05, 4.69) is 59.2 Å². The fourth-order valence-corrected chi connectivity index (χ4v) is 9.16. The van der Waals surface area contributed by atoms with Gasteiger partial charge >= 0.3 is 29.4 Å². The highest BCUT2D eigenvalue weighted by atomic mass is 32.2. The molecular weight excluding hydrogens is 979 g/mol. The number of nitrogens with zero attached hydrogens (tertiary/aromatic N) is 4. The summed E-state index contributed by atoms with van der Waals surface area (Å²) in [6.07, 6.45) is -4.43. The van der Waals surface area contributed by atoms with E-state index in [1.165, 1.54) is 13.8 Å². The first-order chi connectivity index (χ1) is 31.2. The Hall–Kier alpha value is -3.57. The average molecular weight is 1040 g/mol. The van der Waals surface area contributed by atoms with Crippen molar-refractivity contribution in [3.63, 3.8) is 0 Å². The number of nitrogen functional groups attached to an aromatic ring is 1. The molecule has 1 saturated heterocycles. The average Bonchev–Trinajstić information content (AvgIpc) is 3.82. The molecule has 32 heteroatoms. The van der Waals surface area contributed by atoms with E-state index in [1.54, 1.807) is 11.8 Å². The molecule has 0 spiro atoms. The molecule has 0 radical (unpaired) electrons. The molecule has 67 heavy (non-hydrogen) atoms. The van der Waals surface area contributed by atoms with Gasteiger partial charge in [0, 0.05) is 36.8 Å². The molecule has 2 aromatic heterocycles. The summed E-state index contributed by atoms with van der Waals surface area (Å²) >= 11 is 1.73. The summed E-state index contributed by atoms with van der Waals surface area (Å²) < 4.78 is 66.6. The lowest BCUT2D eigenvalue weighted by molar-refractivity contribution is -0.157. The molecule has 0 aliphatic carbocycles. The van der Waals surface area contributed by atoms with Crippen molar-refractivity contribution < 1.29 is 100 Å². The van der Waals surface area contributed by atoms with Crippen LogP contribution in [0.25, 0.3) is 11.2 Å². The normalized spacial score (nSPS) is 20.5. The van der Waals surface area contributed by atoms with Crippen molar-refractivity contribution in [2.24, 2.45) is 5.41 Å². The Morgan fingerprint density at radius 2 is 1.67 bits per heavy atom. The Labute approximate surface area is 388 Å². The standard InChI is InChI=1S/C26H46N7O16P3S.C9H12O5/c1-4-5-6-10-53-11-9-28-17(34)7-8-29-24(37)21(36)26(2,3)13-46-52(43,44)49-51(41,42)45-12-16-20(48-50(38,39)40)19(35)25(47-16)33-15-32-18-22(27)30-14-31-23(18)33;1-3-6(11)9(7(12)5-10)14-8(13)4-2/h14-16,19-21,25,35-36H,4-13H2,1-3H3,(H,28,34)(H,29,37)(H,41,42)(H,43,44)(H2,27,30,31)(H2,38,39,40);3-4,7,9-10,12H,1-2,5H2/t16-,19-,20-,21?,25-;/m1./s1. The molecule has 1 aliphatic heterocycles. The molecule has 2 aromatic rings. The molecule has 12 N–H and O–H groups in total. The van der Waals surface area contributed by atoms with Crippen molar-refractivity contribution >= 4 is 75.8 Å². The molecule has 0 aromatic carbocycles. The van der Waals surface area contributed by atoms with Crippen molar-refractivity contribution in [2.75, 3.05) is 50.1 Å². The van der Waals surface area contributed by atoms with Crippen molar-refractivity contribution in [2.45, 2.75) is 89.3 Å². The molecule has 380 valence electrons. The zero-order chi connectivity index (χ0) is 50.8.